The van der Waals surface area contributed by atoms with Gasteiger partial charge in [0.1, 0.15) is 6.04 Å². The molecule has 0 saturated carbocycles. The normalized spacial score (nSPS) is 25.2. The van der Waals surface area contributed by atoms with Gasteiger partial charge in [-0.25, -0.2) is 9.59 Å². The molecule has 2 amide bonds. The molecule has 2 N–H and O–H groups in total. The summed E-state index contributed by atoms with van der Waals surface area (Å²) in [5.74, 6) is 0.171. The van der Waals surface area contributed by atoms with E-state index in [4.69, 9.17) is 5.11 Å². The number of carbonyl (C=O) groups excluding carboxylic acids is 1. The molecule has 19 heavy (non-hydrogen) atoms. The molecule has 1 saturated heterocycles. The third-order valence-electron chi connectivity index (χ3n) is 3.45. The molecule has 6 heteroatoms. The van der Waals surface area contributed by atoms with Gasteiger partial charge in [-0.05, 0) is 19.3 Å². The van der Waals surface area contributed by atoms with E-state index in [1.54, 1.807) is 4.90 Å². The number of hydrogen-bond donors (Lipinski definition) is 2. The van der Waals surface area contributed by atoms with E-state index in [0.717, 1.165) is 5.75 Å². The second kappa shape index (κ2) is 7.03. The van der Waals surface area contributed by atoms with Crippen molar-refractivity contribution in [1.82, 2.24) is 10.2 Å². The predicted molar refractivity (Wildman–Crippen MR) is 77.5 cm³/mol. The first-order chi connectivity index (χ1) is 8.82. The van der Waals surface area contributed by atoms with Gasteiger partial charge in [0.2, 0.25) is 0 Å². The summed E-state index contributed by atoms with van der Waals surface area (Å²) in [6.45, 7) is 8.68. The minimum absolute atomic E-state index is 0.132. The van der Waals surface area contributed by atoms with E-state index < -0.39 is 12.0 Å². The van der Waals surface area contributed by atoms with Crippen molar-refractivity contribution in [3.63, 3.8) is 0 Å². The van der Waals surface area contributed by atoms with Crippen molar-refractivity contribution in [2.24, 2.45) is 5.92 Å². The fourth-order valence-corrected chi connectivity index (χ4v) is 3.24. The molecule has 0 aromatic carbocycles. The zero-order valence-electron chi connectivity index (χ0n) is 12.0. The van der Waals surface area contributed by atoms with Crippen LogP contribution in [0.4, 0.5) is 4.79 Å². The quantitative estimate of drug-likeness (QED) is 0.830. The van der Waals surface area contributed by atoms with Crippen LogP contribution in [0.2, 0.25) is 0 Å². The van der Waals surface area contributed by atoms with E-state index in [9.17, 15) is 9.59 Å². The molecule has 0 aromatic heterocycles. The highest BCUT2D eigenvalue weighted by molar-refractivity contribution is 8.00. The van der Waals surface area contributed by atoms with Crippen LogP contribution in [0, 0.1) is 5.92 Å². The number of carbonyl (C=O) groups is 2. The highest BCUT2D eigenvalue weighted by Crippen LogP contribution is 2.24. The molecular weight excluding hydrogens is 264 g/mol. The van der Waals surface area contributed by atoms with Crippen molar-refractivity contribution in [2.75, 3.05) is 12.3 Å². The SMILES string of the molecule is CC(C)C[C@@H](NC(=O)N1CCSC(C)C1C)C(=O)O. The number of amides is 2. The summed E-state index contributed by atoms with van der Waals surface area (Å²) in [5.41, 5.74) is 0. The molecule has 0 radical (unpaired) electrons. The molecule has 110 valence electrons. The fourth-order valence-electron chi connectivity index (χ4n) is 2.14. The van der Waals surface area contributed by atoms with E-state index in [-0.39, 0.29) is 18.0 Å². The van der Waals surface area contributed by atoms with E-state index in [1.807, 2.05) is 32.5 Å². The van der Waals surface area contributed by atoms with E-state index in [0.29, 0.717) is 18.2 Å². The Labute approximate surface area is 119 Å². The molecule has 3 atom stereocenters. The van der Waals surface area contributed by atoms with Crippen LogP contribution < -0.4 is 5.32 Å². The summed E-state index contributed by atoms with van der Waals surface area (Å²) in [5, 5.41) is 12.2. The van der Waals surface area contributed by atoms with Crippen molar-refractivity contribution in [3.05, 3.63) is 0 Å². The van der Waals surface area contributed by atoms with E-state index in [2.05, 4.69) is 12.2 Å². The highest BCUT2D eigenvalue weighted by Gasteiger charge is 2.31. The molecule has 5 nitrogen and oxygen atoms in total. The Morgan fingerprint density at radius 2 is 2.05 bits per heavy atom. The van der Waals surface area contributed by atoms with Crippen LogP contribution in [0.5, 0.6) is 0 Å². The van der Waals surface area contributed by atoms with Crippen LogP contribution in [0.3, 0.4) is 0 Å². The Morgan fingerprint density at radius 1 is 1.42 bits per heavy atom. The van der Waals surface area contributed by atoms with Crippen LogP contribution in [0.15, 0.2) is 0 Å². The smallest absolute Gasteiger partial charge is 0.326 e. The Bertz CT molecular complexity index is 336. The Kier molecular flexibility index (Phi) is 5.97. The first kappa shape index (κ1) is 16.1. The number of rotatable bonds is 4. The van der Waals surface area contributed by atoms with Crippen molar-refractivity contribution in [3.8, 4) is 0 Å². The lowest BCUT2D eigenvalue weighted by molar-refractivity contribution is -0.139. The molecule has 0 bridgehead atoms. The summed E-state index contributed by atoms with van der Waals surface area (Å²) in [7, 11) is 0. The summed E-state index contributed by atoms with van der Waals surface area (Å²) >= 11 is 1.85. The van der Waals surface area contributed by atoms with Crippen molar-refractivity contribution in [1.29, 1.82) is 0 Å². The second-order valence-electron chi connectivity index (χ2n) is 5.48. The second-order valence-corrected chi connectivity index (χ2v) is 6.96. The first-order valence-electron chi connectivity index (χ1n) is 6.74. The van der Waals surface area contributed by atoms with Crippen LogP contribution in [0.1, 0.15) is 34.1 Å². The molecule has 1 aliphatic rings. The van der Waals surface area contributed by atoms with Crippen molar-refractivity contribution >= 4 is 23.8 Å². The zero-order valence-corrected chi connectivity index (χ0v) is 12.9. The van der Waals surface area contributed by atoms with Crippen molar-refractivity contribution in [2.45, 2.75) is 51.4 Å². The van der Waals surface area contributed by atoms with Crippen LogP contribution in [0.25, 0.3) is 0 Å². The van der Waals surface area contributed by atoms with Crippen LogP contribution >= 0.6 is 11.8 Å². The summed E-state index contributed by atoms with van der Waals surface area (Å²) in [6, 6.07) is -0.926. The number of hydrogen-bond acceptors (Lipinski definition) is 3. The first-order valence-corrected chi connectivity index (χ1v) is 7.79. The lowest BCUT2D eigenvalue weighted by atomic mass is 10.0. The van der Waals surface area contributed by atoms with E-state index >= 15 is 0 Å². The largest absolute Gasteiger partial charge is 0.480 e. The highest BCUT2D eigenvalue weighted by atomic mass is 32.2. The van der Waals surface area contributed by atoms with Gasteiger partial charge in [-0.2, -0.15) is 11.8 Å². The maximum Gasteiger partial charge on any atom is 0.326 e. The fraction of sp³-hybridized carbons (Fsp3) is 0.846. The Hall–Kier alpha value is -0.910. The predicted octanol–water partition coefficient (Wildman–Crippen LogP) is 2.02. The average molecular weight is 288 g/mol. The summed E-state index contributed by atoms with van der Waals surface area (Å²) < 4.78 is 0. The molecular formula is C13H24N2O3S. The maximum atomic E-state index is 12.2. The molecule has 0 aliphatic carbocycles. The molecule has 2 unspecified atom stereocenters. The number of nitrogens with one attached hydrogen (secondary N) is 1. The maximum absolute atomic E-state index is 12.2. The molecule has 1 aliphatic heterocycles. The van der Waals surface area contributed by atoms with Gasteiger partial charge in [-0.3, -0.25) is 0 Å². The number of carboxylic acid groups (broad SMARTS) is 1. The van der Waals surface area contributed by atoms with Gasteiger partial charge in [0, 0.05) is 23.6 Å². The number of nitrogens with zero attached hydrogens (tertiary/aromatic N) is 1. The molecule has 0 spiro atoms. The van der Waals surface area contributed by atoms with Gasteiger partial charge in [0.15, 0.2) is 0 Å². The van der Waals surface area contributed by atoms with Crippen LogP contribution in [-0.2, 0) is 4.79 Å². The Morgan fingerprint density at radius 3 is 2.58 bits per heavy atom. The van der Waals surface area contributed by atoms with E-state index in [1.165, 1.54) is 0 Å². The average Bonchev–Trinajstić information content (AvgIpc) is 2.31. The third-order valence-corrected chi connectivity index (χ3v) is 4.79. The van der Waals surface area contributed by atoms with Crippen LogP contribution in [-0.4, -0.2) is 51.6 Å². The number of urea groups is 1. The lowest BCUT2D eigenvalue weighted by Gasteiger charge is -2.38. The zero-order chi connectivity index (χ0) is 14.6. The molecule has 1 rings (SSSR count). The lowest BCUT2D eigenvalue weighted by Crippen LogP contribution is -2.55. The molecule has 0 aromatic rings. The third kappa shape index (κ3) is 4.60. The number of aliphatic carboxylic acids is 1. The number of carboxylic acids is 1. The summed E-state index contributed by atoms with van der Waals surface area (Å²) in [4.78, 5) is 25.1. The summed E-state index contributed by atoms with van der Waals surface area (Å²) in [6.07, 6.45) is 0.452. The minimum Gasteiger partial charge on any atom is -0.480 e. The van der Waals surface area contributed by atoms with Crippen molar-refractivity contribution < 1.29 is 14.7 Å². The van der Waals surface area contributed by atoms with Gasteiger partial charge in [0.05, 0.1) is 0 Å². The van der Waals surface area contributed by atoms with Gasteiger partial charge in [-0.1, -0.05) is 20.8 Å². The topological polar surface area (TPSA) is 69.6 Å². The number of thioether (sulfide) groups is 1. The standard InChI is InChI=1S/C13H24N2O3S/c1-8(2)7-11(12(16)17)14-13(18)15-5-6-19-10(4)9(15)3/h8-11H,5-7H2,1-4H3,(H,14,18)(H,16,17)/t9?,10?,11-/m1/s1. The van der Waals surface area contributed by atoms with Gasteiger partial charge in [0.25, 0.3) is 0 Å². The molecule has 1 fully saturated rings. The monoisotopic (exact) mass is 288 g/mol. The van der Waals surface area contributed by atoms with Gasteiger partial charge >= 0.3 is 12.0 Å². The minimum atomic E-state index is -0.964. The molecule has 1 heterocycles. The van der Waals surface area contributed by atoms with Gasteiger partial charge < -0.3 is 15.3 Å². The Balaban J connectivity index is 2.63. The van der Waals surface area contributed by atoms with Gasteiger partial charge in [-0.15, -0.1) is 0 Å².